The van der Waals surface area contributed by atoms with Gasteiger partial charge in [0.2, 0.25) is 0 Å². The topological polar surface area (TPSA) is 38.7 Å². The fraction of sp³-hybridized carbons (Fsp3) is 0.0625. The largest absolute Gasteiger partial charge is 0.208 e. The van der Waals surface area contributed by atoms with Crippen molar-refractivity contribution in [2.45, 2.75) is 19.3 Å². The van der Waals surface area contributed by atoms with Crippen LogP contribution < -0.4 is 0 Å². The van der Waals surface area contributed by atoms with Crippen LogP contribution in [0.5, 0.6) is 0 Å². The van der Waals surface area contributed by atoms with Gasteiger partial charge in [0.05, 0.1) is 0 Å². The molecule has 3 nitrogen and oxygen atoms in total. The van der Waals surface area contributed by atoms with Crippen LogP contribution >= 0.6 is 0 Å². The minimum absolute atomic E-state index is 0.0696. The van der Waals surface area contributed by atoms with Gasteiger partial charge >= 0.3 is 0 Å². The van der Waals surface area contributed by atoms with Gasteiger partial charge in [-0.3, -0.25) is 0 Å². The summed E-state index contributed by atoms with van der Waals surface area (Å²) in [6.45, 7) is 4.69. The lowest BCUT2D eigenvalue weighted by Crippen LogP contribution is -2.15. The summed E-state index contributed by atoms with van der Waals surface area (Å²) in [5, 5.41) is 0. The monoisotopic (exact) mass is 653 g/mol. The Labute approximate surface area is 299 Å². The molecule has 0 N–H and O–H groups in total. The molecule has 7 aromatic carbocycles. The van der Waals surface area contributed by atoms with Crippen molar-refractivity contribution in [2.75, 3.05) is 0 Å². The summed E-state index contributed by atoms with van der Waals surface area (Å²) in [7, 11) is 0. The molecule has 51 heavy (non-hydrogen) atoms. The molecule has 0 spiro atoms. The fourth-order valence-corrected chi connectivity index (χ4v) is 7.43. The smallest absolute Gasteiger partial charge is 0.164 e. The molecule has 3 heteroatoms. The van der Waals surface area contributed by atoms with Crippen molar-refractivity contribution in [3.63, 3.8) is 0 Å². The number of benzene rings is 7. The third-order valence-electron chi connectivity index (χ3n) is 10.2. The van der Waals surface area contributed by atoms with Gasteiger partial charge in [0.25, 0.3) is 0 Å². The van der Waals surface area contributed by atoms with Gasteiger partial charge in [-0.15, -0.1) is 0 Å². The lowest BCUT2D eigenvalue weighted by molar-refractivity contribution is 0.660. The van der Waals surface area contributed by atoms with Crippen molar-refractivity contribution in [2.24, 2.45) is 0 Å². The SMILES string of the molecule is CC1(C)c2ccccc2-c2cc(-c3ccccc3)c(-c3ccc(-c4ccc(-c5nc(-c6ccccc6)nc(-c6ccccc6)n5)cc4)cc3)cc21. The Bertz CT molecular complexity index is 2450. The van der Waals surface area contributed by atoms with Crippen molar-refractivity contribution in [3.05, 3.63) is 187 Å². The highest BCUT2D eigenvalue weighted by atomic mass is 15.0. The number of hydrogen-bond donors (Lipinski definition) is 0. The Balaban J connectivity index is 1.07. The molecule has 1 heterocycles. The maximum atomic E-state index is 4.91. The number of nitrogens with zero attached hydrogens (tertiary/aromatic N) is 3. The van der Waals surface area contributed by atoms with Crippen LogP contribution in [0.1, 0.15) is 25.0 Å². The van der Waals surface area contributed by atoms with E-state index in [2.05, 4.69) is 129 Å². The molecule has 0 unspecified atom stereocenters. The van der Waals surface area contributed by atoms with Gasteiger partial charge in [-0.1, -0.05) is 178 Å². The van der Waals surface area contributed by atoms with E-state index < -0.39 is 0 Å². The second kappa shape index (κ2) is 12.5. The average molecular weight is 654 g/mol. The summed E-state index contributed by atoms with van der Waals surface area (Å²) in [6.07, 6.45) is 0. The summed E-state index contributed by atoms with van der Waals surface area (Å²) in [4.78, 5) is 14.7. The zero-order valence-electron chi connectivity index (χ0n) is 28.6. The Morgan fingerprint density at radius 1 is 0.294 bits per heavy atom. The Kier molecular flexibility index (Phi) is 7.48. The van der Waals surface area contributed by atoms with Crippen LogP contribution in [0.25, 0.3) is 78.7 Å². The van der Waals surface area contributed by atoms with Crippen LogP contribution in [0.3, 0.4) is 0 Å². The highest BCUT2D eigenvalue weighted by Crippen LogP contribution is 2.51. The minimum atomic E-state index is -0.0696. The van der Waals surface area contributed by atoms with Crippen LogP contribution in [0, 0.1) is 0 Å². The molecule has 1 aliphatic rings. The maximum Gasteiger partial charge on any atom is 0.164 e. The predicted molar refractivity (Wildman–Crippen MR) is 210 cm³/mol. The van der Waals surface area contributed by atoms with Crippen molar-refractivity contribution in [3.8, 4) is 78.7 Å². The first-order valence-electron chi connectivity index (χ1n) is 17.4. The summed E-state index contributed by atoms with van der Waals surface area (Å²) in [6, 6.07) is 62.1. The molecule has 0 bridgehead atoms. The minimum Gasteiger partial charge on any atom is -0.208 e. The molecular formula is C48H35N3. The molecule has 1 aliphatic carbocycles. The molecule has 0 fully saturated rings. The van der Waals surface area contributed by atoms with Crippen molar-refractivity contribution in [1.29, 1.82) is 0 Å². The number of hydrogen-bond acceptors (Lipinski definition) is 3. The molecule has 0 saturated carbocycles. The van der Waals surface area contributed by atoms with E-state index >= 15 is 0 Å². The second-order valence-corrected chi connectivity index (χ2v) is 13.7. The van der Waals surface area contributed by atoms with Gasteiger partial charge in [-0.25, -0.2) is 15.0 Å². The van der Waals surface area contributed by atoms with Gasteiger partial charge in [0.15, 0.2) is 17.5 Å². The lowest BCUT2D eigenvalue weighted by Gasteiger charge is -2.23. The standard InChI is InChI=1S/C48H35N3/c1-48(2)43-21-13-12-20-39(43)42-30-40(34-14-6-3-7-15-34)41(31-44(42)48)35-26-22-32(23-27-35)33-24-28-38(29-25-33)47-50-45(36-16-8-4-9-17-36)49-46(51-47)37-18-10-5-11-19-37/h3-31H,1-2H3. The molecule has 0 aliphatic heterocycles. The van der Waals surface area contributed by atoms with E-state index in [1.807, 2.05) is 60.7 Å². The van der Waals surface area contributed by atoms with Crippen LogP contribution in [-0.4, -0.2) is 15.0 Å². The highest BCUT2D eigenvalue weighted by molar-refractivity contribution is 5.92. The van der Waals surface area contributed by atoms with Crippen LogP contribution in [0.15, 0.2) is 176 Å². The summed E-state index contributed by atoms with van der Waals surface area (Å²) >= 11 is 0. The summed E-state index contributed by atoms with van der Waals surface area (Å²) in [5.74, 6) is 1.97. The molecule has 0 radical (unpaired) electrons. The maximum absolute atomic E-state index is 4.91. The molecule has 9 rings (SSSR count). The van der Waals surface area contributed by atoms with Crippen LogP contribution in [-0.2, 0) is 5.41 Å². The van der Waals surface area contributed by atoms with Gasteiger partial charge < -0.3 is 0 Å². The lowest BCUT2D eigenvalue weighted by atomic mass is 9.80. The van der Waals surface area contributed by atoms with Gasteiger partial charge in [0, 0.05) is 22.1 Å². The molecule has 8 aromatic rings. The molecule has 0 amide bonds. The predicted octanol–water partition coefficient (Wildman–Crippen LogP) is 12.2. The van der Waals surface area contributed by atoms with E-state index in [0.717, 1.165) is 27.8 Å². The summed E-state index contributed by atoms with van der Waals surface area (Å²) < 4.78 is 0. The normalized spacial score (nSPS) is 12.7. The molecule has 1 aromatic heterocycles. The van der Waals surface area contributed by atoms with Gasteiger partial charge in [-0.05, 0) is 67.8 Å². The van der Waals surface area contributed by atoms with E-state index in [1.165, 1.54) is 44.5 Å². The van der Waals surface area contributed by atoms with Crippen molar-refractivity contribution in [1.82, 2.24) is 15.0 Å². The van der Waals surface area contributed by atoms with E-state index in [-0.39, 0.29) is 5.41 Å². The first-order chi connectivity index (χ1) is 25.0. The first-order valence-corrected chi connectivity index (χ1v) is 17.4. The summed E-state index contributed by atoms with van der Waals surface area (Å²) in [5.41, 5.74) is 15.5. The number of rotatable bonds is 6. The highest BCUT2D eigenvalue weighted by Gasteiger charge is 2.36. The molecule has 0 saturated heterocycles. The Morgan fingerprint density at radius 3 is 1.20 bits per heavy atom. The van der Waals surface area contributed by atoms with Gasteiger partial charge in [0.1, 0.15) is 0 Å². The average Bonchev–Trinajstić information content (AvgIpc) is 3.43. The van der Waals surface area contributed by atoms with Crippen LogP contribution in [0.2, 0.25) is 0 Å². The zero-order valence-corrected chi connectivity index (χ0v) is 28.6. The molecule has 0 atom stereocenters. The number of fused-ring (bicyclic) bond motifs is 3. The van der Waals surface area contributed by atoms with E-state index in [4.69, 9.17) is 15.0 Å². The fourth-order valence-electron chi connectivity index (χ4n) is 7.43. The first kappa shape index (κ1) is 30.6. The molecule has 242 valence electrons. The zero-order chi connectivity index (χ0) is 34.4. The third-order valence-corrected chi connectivity index (χ3v) is 10.2. The second-order valence-electron chi connectivity index (χ2n) is 13.7. The van der Waals surface area contributed by atoms with Crippen molar-refractivity contribution >= 4 is 0 Å². The van der Waals surface area contributed by atoms with Crippen molar-refractivity contribution < 1.29 is 0 Å². The van der Waals surface area contributed by atoms with E-state index in [1.54, 1.807) is 0 Å². The van der Waals surface area contributed by atoms with E-state index in [0.29, 0.717) is 17.5 Å². The number of aromatic nitrogens is 3. The molecular weight excluding hydrogens is 619 g/mol. The third kappa shape index (κ3) is 5.53. The van der Waals surface area contributed by atoms with Crippen LogP contribution in [0.4, 0.5) is 0 Å². The van der Waals surface area contributed by atoms with Gasteiger partial charge in [-0.2, -0.15) is 0 Å². The Morgan fingerprint density at radius 2 is 0.667 bits per heavy atom. The van der Waals surface area contributed by atoms with E-state index in [9.17, 15) is 0 Å². The Hall–Kier alpha value is -6.45. The quantitative estimate of drug-likeness (QED) is 0.179.